The first-order chi connectivity index (χ1) is 23.6. The van der Waals surface area contributed by atoms with Crippen LogP contribution in [0.15, 0.2) is 30.3 Å². The second-order valence-electron chi connectivity index (χ2n) is 14.7. The highest BCUT2D eigenvalue weighted by Gasteiger charge is 2.54. The predicted octanol–water partition coefficient (Wildman–Crippen LogP) is 2.47. The van der Waals surface area contributed by atoms with Gasteiger partial charge in [-0.05, 0) is 82.4 Å². The highest BCUT2D eigenvalue weighted by molar-refractivity contribution is 6.11. The van der Waals surface area contributed by atoms with Crippen LogP contribution in [-0.2, 0) is 30.4 Å². The molecular formula is C38H59N6O5. The molecule has 0 bridgehead atoms. The van der Waals surface area contributed by atoms with Crippen LogP contribution in [0.3, 0.4) is 0 Å². The standard InChI is InChI=1S/C38H59N6O5/c1-42-31(24-27-15-7-3-8-16-27)36(48)43-30(19-11-21-39)37(49)44-22-12-20-32(44)34(46)33(28-17-9-4-10-18-28)38(41,25-45)35(47)29(40)23-26-13-5-2-6-14-26/h3,7-8,15-16,26,28-33,42H,2,4-6,9-14,17-24,39-41H2,1H3,(H,43,48)/t29-,30+,31+,32+,33?,38-/m1/s1. The molecule has 11 heteroatoms. The summed E-state index contributed by atoms with van der Waals surface area (Å²) in [6, 6.07) is 6.31. The number of amides is 2. The summed E-state index contributed by atoms with van der Waals surface area (Å²) in [5, 5.41) is 6.01. The lowest BCUT2D eigenvalue weighted by Gasteiger charge is -2.41. The van der Waals surface area contributed by atoms with Crippen molar-refractivity contribution in [3.8, 4) is 0 Å². The van der Waals surface area contributed by atoms with Crippen molar-refractivity contribution in [2.45, 2.75) is 132 Å². The van der Waals surface area contributed by atoms with Crippen molar-refractivity contribution in [3.63, 3.8) is 0 Å². The Morgan fingerprint density at radius 2 is 1.59 bits per heavy atom. The van der Waals surface area contributed by atoms with Gasteiger partial charge in [-0.1, -0.05) is 81.7 Å². The van der Waals surface area contributed by atoms with E-state index in [9.17, 15) is 24.0 Å². The third-order valence-corrected chi connectivity index (χ3v) is 11.3. The Bertz CT molecular complexity index is 1250. The highest BCUT2D eigenvalue weighted by atomic mass is 16.2. The van der Waals surface area contributed by atoms with Crippen molar-refractivity contribution >= 4 is 29.7 Å². The first kappa shape index (κ1) is 38.8. The number of nitrogens with two attached hydrogens (primary N) is 3. The van der Waals surface area contributed by atoms with E-state index < -0.39 is 41.4 Å². The van der Waals surface area contributed by atoms with Crippen LogP contribution in [0, 0.1) is 17.8 Å². The molecule has 2 amide bonds. The van der Waals surface area contributed by atoms with Gasteiger partial charge in [-0.3, -0.25) is 24.0 Å². The van der Waals surface area contributed by atoms with E-state index in [2.05, 4.69) is 10.6 Å². The Balaban J connectivity index is 1.56. The van der Waals surface area contributed by atoms with Gasteiger partial charge in [-0.2, -0.15) is 0 Å². The number of hydrogen-bond donors (Lipinski definition) is 5. The van der Waals surface area contributed by atoms with Crippen molar-refractivity contribution in [1.29, 1.82) is 0 Å². The molecule has 2 aliphatic carbocycles. The predicted molar refractivity (Wildman–Crippen MR) is 190 cm³/mol. The second kappa shape index (κ2) is 18.8. The number of nitrogens with one attached hydrogen (secondary N) is 2. The van der Waals surface area contributed by atoms with Gasteiger partial charge in [0.25, 0.3) is 0 Å². The molecule has 0 spiro atoms. The average molecular weight is 680 g/mol. The molecule has 49 heavy (non-hydrogen) atoms. The minimum atomic E-state index is -2.20. The zero-order chi connectivity index (χ0) is 35.4. The van der Waals surface area contributed by atoms with Crippen molar-refractivity contribution in [3.05, 3.63) is 35.9 Å². The summed E-state index contributed by atoms with van der Waals surface area (Å²) in [4.78, 5) is 70.9. The zero-order valence-electron chi connectivity index (χ0n) is 29.4. The van der Waals surface area contributed by atoms with Crippen molar-refractivity contribution in [2.75, 3.05) is 20.1 Å². The van der Waals surface area contributed by atoms with Gasteiger partial charge in [0.15, 0.2) is 17.1 Å². The van der Waals surface area contributed by atoms with Crippen molar-refractivity contribution < 1.29 is 24.0 Å². The van der Waals surface area contributed by atoms with E-state index in [0.29, 0.717) is 64.5 Å². The monoisotopic (exact) mass is 679 g/mol. The van der Waals surface area contributed by atoms with E-state index in [1.54, 1.807) is 7.05 Å². The number of Topliss-reactive ketones (excluding diaryl/α,β-unsaturated/α-hetero) is 2. The summed E-state index contributed by atoms with van der Waals surface area (Å²) in [6.45, 7) is 0.651. The summed E-state index contributed by atoms with van der Waals surface area (Å²) < 4.78 is 0. The van der Waals surface area contributed by atoms with Crippen molar-refractivity contribution in [2.24, 2.45) is 35.0 Å². The van der Waals surface area contributed by atoms with E-state index >= 15 is 0 Å². The molecule has 2 saturated carbocycles. The first-order valence-electron chi connectivity index (χ1n) is 18.7. The maximum Gasteiger partial charge on any atom is 0.245 e. The van der Waals surface area contributed by atoms with E-state index in [1.165, 1.54) is 4.90 Å². The van der Waals surface area contributed by atoms with Crippen LogP contribution in [0.4, 0.5) is 0 Å². The Morgan fingerprint density at radius 3 is 2.20 bits per heavy atom. The maximum absolute atomic E-state index is 14.7. The molecule has 3 aliphatic rings. The van der Waals surface area contributed by atoms with Gasteiger partial charge in [-0.15, -0.1) is 0 Å². The fraction of sp³-hybridized carbons (Fsp3) is 0.711. The smallest absolute Gasteiger partial charge is 0.245 e. The lowest BCUT2D eigenvalue weighted by Crippen LogP contribution is -2.66. The number of benzene rings is 1. The summed E-state index contributed by atoms with van der Waals surface area (Å²) in [7, 11) is 1.70. The summed E-state index contributed by atoms with van der Waals surface area (Å²) >= 11 is 0. The Kier molecular flexibility index (Phi) is 14.9. The fourth-order valence-electron chi connectivity index (χ4n) is 8.52. The molecule has 6 atom stereocenters. The largest absolute Gasteiger partial charge is 0.343 e. The topological polar surface area (TPSA) is 191 Å². The van der Waals surface area contributed by atoms with Crippen LogP contribution >= 0.6 is 0 Å². The number of likely N-dealkylation sites (tertiary alicyclic amines) is 1. The third kappa shape index (κ3) is 9.84. The Labute approximate surface area is 292 Å². The van der Waals surface area contributed by atoms with Crippen molar-refractivity contribution in [1.82, 2.24) is 15.5 Å². The fourth-order valence-corrected chi connectivity index (χ4v) is 8.52. The van der Waals surface area contributed by atoms with Crippen LogP contribution in [0.2, 0.25) is 0 Å². The van der Waals surface area contributed by atoms with E-state index in [-0.39, 0.29) is 29.4 Å². The average Bonchev–Trinajstić information content (AvgIpc) is 3.63. The lowest BCUT2D eigenvalue weighted by molar-refractivity contribution is -0.145. The van der Waals surface area contributed by atoms with Gasteiger partial charge in [0.2, 0.25) is 18.1 Å². The molecule has 1 saturated heterocycles. The number of ketones is 2. The zero-order valence-corrected chi connectivity index (χ0v) is 29.4. The van der Waals surface area contributed by atoms with Gasteiger partial charge in [0, 0.05) is 6.54 Å². The van der Waals surface area contributed by atoms with E-state index in [4.69, 9.17) is 17.2 Å². The molecule has 3 fully saturated rings. The van der Waals surface area contributed by atoms with Gasteiger partial charge in [-0.25, -0.2) is 0 Å². The number of likely N-dealkylation sites (N-methyl/N-ethyl adjacent to an activating group) is 1. The van der Waals surface area contributed by atoms with Crippen LogP contribution in [0.25, 0.3) is 0 Å². The summed E-state index contributed by atoms with van der Waals surface area (Å²) in [5.41, 5.74) is 17.8. The summed E-state index contributed by atoms with van der Waals surface area (Å²) in [5.74, 6) is -2.83. The van der Waals surface area contributed by atoms with E-state index in [0.717, 1.165) is 56.9 Å². The molecule has 271 valence electrons. The van der Waals surface area contributed by atoms with Gasteiger partial charge in [0.05, 0.1) is 24.0 Å². The van der Waals surface area contributed by atoms with Gasteiger partial charge >= 0.3 is 0 Å². The maximum atomic E-state index is 14.7. The number of rotatable bonds is 18. The third-order valence-electron chi connectivity index (χ3n) is 11.3. The molecule has 11 nitrogen and oxygen atoms in total. The van der Waals surface area contributed by atoms with E-state index in [1.807, 2.05) is 36.6 Å². The molecule has 1 radical (unpaired) electrons. The second-order valence-corrected chi connectivity index (χ2v) is 14.7. The summed E-state index contributed by atoms with van der Waals surface area (Å²) in [6.07, 6.45) is 13.8. The lowest BCUT2D eigenvalue weighted by atomic mass is 9.65. The molecule has 1 aromatic rings. The van der Waals surface area contributed by atoms with Crippen LogP contribution < -0.4 is 27.8 Å². The minimum absolute atomic E-state index is 0.284. The number of carbonyl (C=O) groups is 4. The van der Waals surface area contributed by atoms with Crippen LogP contribution in [0.5, 0.6) is 0 Å². The first-order valence-corrected chi connectivity index (χ1v) is 18.7. The number of hydrogen-bond acceptors (Lipinski definition) is 9. The molecule has 1 heterocycles. The number of carbonyl (C=O) groups excluding carboxylic acids is 5. The highest BCUT2D eigenvalue weighted by Crippen LogP contribution is 2.39. The molecule has 8 N–H and O–H groups in total. The van der Waals surface area contributed by atoms with Crippen LogP contribution in [0.1, 0.15) is 102 Å². The molecule has 1 aromatic carbocycles. The van der Waals surface area contributed by atoms with Gasteiger partial charge in [0.1, 0.15) is 6.04 Å². The SMILES string of the molecule is CN[C@@H](Cc1ccccc1)C(=O)N[C@@H](CCCN)C(=O)N1CCC[C@H]1C(=O)C(C1CCCCC1)[C@](N)([C]=O)C(=O)[C@H](N)CC1CCCCC1. The Hall–Kier alpha value is -2.99. The number of nitrogens with zero attached hydrogens (tertiary/aromatic N) is 1. The van der Waals surface area contributed by atoms with Gasteiger partial charge < -0.3 is 32.7 Å². The molecule has 1 aliphatic heterocycles. The van der Waals surface area contributed by atoms with Crippen LogP contribution in [-0.4, -0.2) is 84.4 Å². The quantitative estimate of drug-likeness (QED) is 0.145. The molecule has 0 aromatic heterocycles. The normalized spacial score (nSPS) is 22.8. The molecule has 1 unspecified atom stereocenters. The molecule has 4 rings (SSSR count). The Morgan fingerprint density at radius 1 is 0.939 bits per heavy atom. The molecular weight excluding hydrogens is 620 g/mol. The minimum Gasteiger partial charge on any atom is -0.343 e.